The molecule has 0 radical (unpaired) electrons. The number of phenols is 1. The van der Waals surface area contributed by atoms with Gasteiger partial charge in [0.05, 0.1) is 6.10 Å². The lowest BCUT2D eigenvalue weighted by atomic mass is 9.83. The van der Waals surface area contributed by atoms with Crippen LogP contribution in [0.4, 0.5) is 0 Å². The second kappa shape index (κ2) is 7.18. The smallest absolute Gasteiger partial charge is 0.308 e. The molecule has 0 fully saturated rings. The molecule has 0 atom stereocenters. The van der Waals surface area contributed by atoms with Gasteiger partial charge in [-0.05, 0) is 30.9 Å². The fourth-order valence-electron chi connectivity index (χ4n) is 2.75. The molecule has 1 N–H and O–H groups in total. The van der Waals surface area contributed by atoms with E-state index in [0.717, 1.165) is 5.56 Å². The summed E-state index contributed by atoms with van der Waals surface area (Å²) in [6.45, 7) is 11.1. The molecule has 0 bridgehead atoms. The number of ether oxygens (including phenoxy) is 2. The highest BCUT2D eigenvalue weighted by Gasteiger charge is 2.30. The molecule has 25 heavy (non-hydrogen) atoms. The summed E-state index contributed by atoms with van der Waals surface area (Å²) in [7, 11) is 0. The van der Waals surface area contributed by atoms with E-state index in [2.05, 4.69) is 0 Å². The first kappa shape index (κ1) is 18.8. The average molecular weight is 342 g/mol. The van der Waals surface area contributed by atoms with Gasteiger partial charge >= 0.3 is 5.97 Å². The molecule has 0 aliphatic rings. The molecule has 0 saturated carbocycles. The van der Waals surface area contributed by atoms with Crippen LogP contribution in [0.1, 0.15) is 47.1 Å². The quantitative estimate of drug-likeness (QED) is 0.622. The van der Waals surface area contributed by atoms with E-state index in [4.69, 9.17) is 9.47 Å². The van der Waals surface area contributed by atoms with Gasteiger partial charge in [0, 0.05) is 18.1 Å². The van der Waals surface area contributed by atoms with Crippen molar-refractivity contribution in [2.75, 3.05) is 0 Å². The van der Waals surface area contributed by atoms with E-state index in [9.17, 15) is 9.90 Å². The van der Waals surface area contributed by atoms with E-state index in [0.29, 0.717) is 22.6 Å². The van der Waals surface area contributed by atoms with Crippen molar-refractivity contribution in [1.29, 1.82) is 0 Å². The van der Waals surface area contributed by atoms with Crippen molar-refractivity contribution in [3.05, 3.63) is 42.0 Å². The molecule has 0 amide bonds. The van der Waals surface area contributed by atoms with Crippen molar-refractivity contribution in [3.63, 3.8) is 0 Å². The maximum absolute atomic E-state index is 11.6. The number of esters is 1. The van der Waals surface area contributed by atoms with Gasteiger partial charge in [0.1, 0.15) is 5.75 Å². The summed E-state index contributed by atoms with van der Waals surface area (Å²) in [6.07, 6.45) is -0.127. The summed E-state index contributed by atoms with van der Waals surface area (Å²) in [5, 5.41) is 11.0. The zero-order valence-electron chi connectivity index (χ0n) is 15.7. The normalized spacial score (nSPS) is 11.5. The fraction of sp³-hybridized carbons (Fsp3) is 0.381. The minimum atomic E-state index is -0.432. The Morgan fingerprint density at radius 2 is 1.72 bits per heavy atom. The summed E-state index contributed by atoms with van der Waals surface area (Å²) in [5.41, 5.74) is 1.67. The SMILES string of the molecule is CC(=O)Oc1cc(-c2ccccc2)c(O)c(C(C)(C)C)c1OC(C)C. The van der Waals surface area contributed by atoms with E-state index in [-0.39, 0.29) is 11.9 Å². The number of hydrogen-bond donors (Lipinski definition) is 1. The molecule has 0 unspecified atom stereocenters. The first-order valence-corrected chi connectivity index (χ1v) is 8.42. The second-order valence-corrected chi connectivity index (χ2v) is 7.35. The van der Waals surface area contributed by atoms with Crippen LogP contribution in [0.5, 0.6) is 17.2 Å². The van der Waals surface area contributed by atoms with Crippen molar-refractivity contribution in [2.45, 2.75) is 53.1 Å². The topological polar surface area (TPSA) is 55.8 Å². The summed E-state index contributed by atoms with van der Waals surface area (Å²) in [4.78, 5) is 11.6. The van der Waals surface area contributed by atoms with Crippen molar-refractivity contribution in [1.82, 2.24) is 0 Å². The Balaban J connectivity index is 2.82. The zero-order valence-corrected chi connectivity index (χ0v) is 15.7. The Morgan fingerprint density at radius 1 is 1.12 bits per heavy atom. The number of aromatic hydroxyl groups is 1. The molecule has 0 aliphatic carbocycles. The van der Waals surface area contributed by atoms with Gasteiger partial charge in [-0.15, -0.1) is 0 Å². The lowest BCUT2D eigenvalue weighted by Gasteiger charge is -2.28. The second-order valence-electron chi connectivity index (χ2n) is 7.35. The van der Waals surface area contributed by atoms with Crippen LogP contribution in [-0.4, -0.2) is 17.2 Å². The summed E-state index contributed by atoms with van der Waals surface area (Å²) >= 11 is 0. The Hall–Kier alpha value is -2.49. The van der Waals surface area contributed by atoms with Crippen LogP contribution in [0.15, 0.2) is 36.4 Å². The van der Waals surface area contributed by atoms with Gasteiger partial charge in [0.15, 0.2) is 11.5 Å². The van der Waals surface area contributed by atoms with E-state index < -0.39 is 11.4 Å². The van der Waals surface area contributed by atoms with Crippen molar-refractivity contribution in [3.8, 4) is 28.4 Å². The number of rotatable bonds is 4. The zero-order chi connectivity index (χ0) is 18.8. The summed E-state index contributed by atoms with van der Waals surface area (Å²) < 4.78 is 11.4. The molecule has 0 saturated heterocycles. The molecule has 134 valence electrons. The van der Waals surface area contributed by atoms with Crippen LogP contribution < -0.4 is 9.47 Å². The Bertz CT molecular complexity index is 756. The fourth-order valence-corrected chi connectivity index (χ4v) is 2.75. The first-order valence-electron chi connectivity index (χ1n) is 8.42. The van der Waals surface area contributed by atoms with E-state index in [1.165, 1.54) is 6.92 Å². The molecule has 2 aromatic carbocycles. The number of benzene rings is 2. The van der Waals surface area contributed by atoms with Crippen LogP contribution in [0.25, 0.3) is 11.1 Å². The maximum Gasteiger partial charge on any atom is 0.308 e. The Labute approximate surface area is 149 Å². The highest BCUT2D eigenvalue weighted by molar-refractivity contribution is 5.80. The van der Waals surface area contributed by atoms with Crippen molar-refractivity contribution >= 4 is 5.97 Å². The van der Waals surface area contributed by atoms with Crippen LogP contribution in [-0.2, 0) is 10.2 Å². The Morgan fingerprint density at radius 3 is 2.20 bits per heavy atom. The number of carbonyl (C=O) groups is 1. The van der Waals surface area contributed by atoms with Crippen LogP contribution >= 0.6 is 0 Å². The van der Waals surface area contributed by atoms with Crippen molar-refractivity contribution in [2.24, 2.45) is 0 Å². The van der Waals surface area contributed by atoms with Gasteiger partial charge in [-0.25, -0.2) is 0 Å². The predicted octanol–water partition coefficient (Wildman–Crippen LogP) is 5.07. The van der Waals surface area contributed by atoms with E-state index in [1.807, 2.05) is 65.0 Å². The highest BCUT2D eigenvalue weighted by atomic mass is 16.6. The maximum atomic E-state index is 11.6. The van der Waals surface area contributed by atoms with Crippen LogP contribution in [0, 0.1) is 0 Å². The molecule has 0 aliphatic heterocycles. The minimum Gasteiger partial charge on any atom is -0.507 e. The lowest BCUT2D eigenvalue weighted by molar-refractivity contribution is -0.132. The first-order chi connectivity index (χ1) is 11.6. The largest absolute Gasteiger partial charge is 0.507 e. The number of phenolic OH excluding ortho intramolecular Hbond substituents is 1. The third kappa shape index (κ3) is 4.32. The molecule has 0 aromatic heterocycles. The van der Waals surface area contributed by atoms with Gasteiger partial charge in [-0.1, -0.05) is 51.1 Å². The lowest BCUT2D eigenvalue weighted by Crippen LogP contribution is -2.18. The standard InChI is InChI=1S/C21H26O4/c1-13(2)24-20-17(25-14(3)22)12-16(15-10-8-7-9-11-15)19(23)18(20)21(4,5)6/h7-13,23H,1-6H3. The van der Waals surface area contributed by atoms with Gasteiger partial charge in [0.25, 0.3) is 0 Å². The molecular weight excluding hydrogens is 316 g/mol. The van der Waals surface area contributed by atoms with Crippen LogP contribution in [0.2, 0.25) is 0 Å². The minimum absolute atomic E-state index is 0.127. The molecular formula is C21H26O4. The molecule has 0 spiro atoms. The predicted molar refractivity (Wildman–Crippen MR) is 99.3 cm³/mol. The van der Waals surface area contributed by atoms with Crippen molar-refractivity contribution < 1.29 is 19.4 Å². The Kier molecular flexibility index (Phi) is 5.41. The van der Waals surface area contributed by atoms with Crippen LogP contribution in [0.3, 0.4) is 0 Å². The van der Waals surface area contributed by atoms with E-state index in [1.54, 1.807) is 6.07 Å². The monoisotopic (exact) mass is 342 g/mol. The third-order valence-electron chi connectivity index (χ3n) is 3.66. The third-order valence-corrected chi connectivity index (χ3v) is 3.66. The molecule has 4 nitrogen and oxygen atoms in total. The van der Waals surface area contributed by atoms with Gasteiger partial charge < -0.3 is 14.6 Å². The molecule has 0 heterocycles. The van der Waals surface area contributed by atoms with Gasteiger partial charge in [0.2, 0.25) is 0 Å². The number of hydrogen-bond acceptors (Lipinski definition) is 4. The summed E-state index contributed by atoms with van der Waals surface area (Å²) in [5.74, 6) is 0.445. The van der Waals surface area contributed by atoms with Gasteiger partial charge in [-0.3, -0.25) is 4.79 Å². The number of carbonyl (C=O) groups excluding carboxylic acids is 1. The molecule has 4 heteroatoms. The van der Waals surface area contributed by atoms with Gasteiger partial charge in [-0.2, -0.15) is 0 Å². The molecule has 2 rings (SSSR count). The average Bonchev–Trinajstić information content (AvgIpc) is 2.48. The molecule has 2 aromatic rings. The highest BCUT2D eigenvalue weighted by Crippen LogP contribution is 2.49. The van der Waals surface area contributed by atoms with E-state index >= 15 is 0 Å². The summed E-state index contributed by atoms with van der Waals surface area (Å²) in [6, 6.07) is 11.2.